The Kier molecular flexibility index (Phi) is 5.44. The van der Waals surface area contributed by atoms with E-state index in [9.17, 15) is 19.6 Å². The number of carbonyl (C=O) groups excluding carboxylic acids is 3. The maximum atomic E-state index is 13.6. The van der Waals surface area contributed by atoms with E-state index in [0.29, 0.717) is 30.6 Å². The quantitative estimate of drug-likeness (QED) is 0.450. The molecule has 6 rings (SSSR count). The zero-order valence-electron chi connectivity index (χ0n) is 19.3. The molecule has 0 radical (unpaired) electrons. The smallest absolute Gasteiger partial charge is 0.323 e. The van der Waals surface area contributed by atoms with Gasteiger partial charge in [0.05, 0.1) is 12.1 Å². The van der Waals surface area contributed by atoms with Crippen molar-refractivity contribution in [3.8, 4) is 6.07 Å². The highest BCUT2D eigenvalue weighted by molar-refractivity contribution is 5.84. The monoisotopic (exact) mass is 457 g/mol. The zero-order valence-corrected chi connectivity index (χ0v) is 19.3. The summed E-state index contributed by atoms with van der Waals surface area (Å²) in [5.41, 5.74) is 11.0. The molecule has 5 saturated carbocycles. The van der Waals surface area contributed by atoms with Crippen molar-refractivity contribution < 1.29 is 19.1 Å². The van der Waals surface area contributed by atoms with Crippen molar-refractivity contribution in [3.63, 3.8) is 0 Å². The Labute approximate surface area is 194 Å². The van der Waals surface area contributed by atoms with Gasteiger partial charge in [0.1, 0.15) is 17.7 Å². The number of carbonyl (C=O) groups is 3. The van der Waals surface area contributed by atoms with Gasteiger partial charge in [0.2, 0.25) is 11.8 Å². The first-order valence-electron chi connectivity index (χ1n) is 12.3. The maximum Gasteiger partial charge on any atom is 0.323 e. The number of hydrogen-bond acceptors (Lipinski definition) is 7. The van der Waals surface area contributed by atoms with E-state index in [4.69, 9.17) is 16.2 Å². The Bertz CT molecular complexity index is 886. The number of rotatable bonds is 8. The summed E-state index contributed by atoms with van der Waals surface area (Å²) in [6.45, 7) is 0. The van der Waals surface area contributed by atoms with E-state index in [2.05, 4.69) is 11.4 Å². The Morgan fingerprint density at radius 2 is 1.88 bits per heavy atom. The van der Waals surface area contributed by atoms with Crippen LogP contribution in [-0.4, -0.2) is 59.5 Å². The number of fused-ring (bicyclic) bond motifs is 1. The van der Waals surface area contributed by atoms with Crippen LogP contribution in [0.1, 0.15) is 64.2 Å². The van der Waals surface area contributed by atoms with Crippen LogP contribution < -0.4 is 16.8 Å². The van der Waals surface area contributed by atoms with Crippen molar-refractivity contribution >= 4 is 17.8 Å². The first-order chi connectivity index (χ1) is 15.7. The fraction of sp³-hybridized carbons (Fsp3) is 0.833. The van der Waals surface area contributed by atoms with Gasteiger partial charge in [0.25, 0.3) is 0 Å². The van der Waals surface area contributed by atoms with Crippen LogP contribution in [0.5, 0.6) is 0 Å². The van der Waals surface area contributed by atoms with Gasteiger partial charge in [0.15, 0.2) is 0 Å². The van der Waals surface area contributed by atoms with Gasteiger partial charge in [-0.15, -0.1) is 0 Å². The van der Waals surface area contributed by atoms with Crippen molar-refractivity contribution in [3.05, 3.63) is 0 Å². The molecule has 1 aliphatic heterocycles. The second-order valence-corrected chi connectivity index (χ2v) is 11.4. The lowest BCUT2D eigenvalue weighted by atomic mass is 9.46. The van der Waals surface area contributed by atoms with Crippen molar-refractivity contribution in [2.24, 2.45) is 34.6 Å². The number of likely N-dealkylation sites (N-methyl/N-ethyl adjacent to an activating group) is 1. The molecule has 0 aromatic rings. The third kappa shape index (κ3) is 3.81. The molecule has 9 nitrogen and oxygen atoms in total. The second-order valence-electron chi connectivity index (χ2n) is 11.4. The molecule has 5 N–H and O–H groups in total. The van der Waals surface area contributed by atoms with Crippen LogP contribution in [0.25, 0.3) is 0 Å². The number of hydrogen-bond donors (Lipinski definition) is 3. The zero-order chi connectivity index (χ0) is 23.5. The molecule has 2 amide bonds. The first-order valence-corrected chi connectivity index (χ1v) is 12.3. The van der Waals surface area contributed by atoms with Crippen LogP contribution >= 0.6 is 0 Å². The van der Waals surface area contributed by atoms with E-state index in [1.165, 1.54) is 0 Å². The molecular weight excluding hydrogens is 422 g/mol. The van der Waals surface area contributed by atoms with Crippen molar-refractivity contribution in [1.29, 1.82) is 5.26 Å². The van der Waals surface area contributed by atoms with Gasteiger partial charge in [-0.1, -0.05) is 0 Å². The molecule has 5 aliphatic carbocycles. The SMILES string of the molecule is CN[C@@H](CCC(N)=O)C(=O)OC12CC3C[C@H](C1)CC([C@H](N)C(=O)N1C4CC4C[C@H]1C#N)(C3)C2. The lowest BCUT2D eigenvalue weighted by molar-refractivity contribution is -0.207. The number of piperidine rings is 1. The molecule has 6 aliphatic rings. The largest absolute Gasteiger partial charge is 0.458 e. The maximum absolute atomic E-state index is 13.6. The highest BCUT2D eigenvalue weighted by Crippen LogP contribution is 2.64. The van der Waals surface area contributed by atoms with Gasteiger partial charge in [-0.05, 0) is 88.0 Å². The van der Waals surface area contributed by atoms with Crippen LogP contribution in [0, 0.1) is 34.5 Å². The predicted molar refractivity (Wildman–Crippen MR) is 118 cm³/mol. The number of likely N-dealkylation sites (tertiary alicyclic amines) is 1. The molecule has 33 heavy (non-hydrogen) atoms. The number of nitrogens with one attached hydrogen (secondary N) is 1. The lowest BCUT2D eigenvalue weighted by Gasteiger charge is -2.62. The number of primary amides is 1. The van der Waals surface area contributed by atoms with Gasteiger partial charge in [0, 0.05) is 12.5 Å². The minimum absolute atomic E-state index is 0.0930. The molecule has 0 aromatic heterocycles. The van der Waals surface area contributed by atoms with Crippen molar-refractivity contribution in [2.45, 2.75) is 94.0 Å². The molecule has 1 heterocycles. The highest BCUT2D eigenvalue weighted by atomic mass is 16.6. The average Bonchev–Trinajstić information content (AvgIpc) is 3.41. The number of nitrogens with zero attached hydrogens (tertiary/aromatic N) is 2. The number of nitriles is 1. The van der Waals surface area contributed by atoms with Crippen LogP contribution in [0.4, 0.5) is 0 Å². The summed E-state index contributed by atoms with van der Waals surface area (Å²) in [5, 5.41) is 12.5. The van der Waals surface area contributed by atoms with Crippen LogP contribution in [0.3, 0.4) is 0 Å². The minimum Gasteiger partial charge on any atom is -0.458 e. The van der Waals surface area contributed by atoms with Crippen molar-refractivity contribution in [1.82, 2.24) is 10.2 Å². The van der Waals surface area contributed by atoms with E-state index in [1.807, 2.05) is 0 Å². The van der Waals surface area contributed by atoms with Crippen LogP contribution in [0.15, 0.2) is 0 Å². The fourth-order valence-corrected chi connectivity index (χ4v) is 7.99. The van der Waals surface area contributed by atoms with Crippen LogP contribution in [0.2, 0.25) is 0 Å². The number of esters is 1. The molecule has 9 atom stereocenters. The summed E-state index contributed by atoms with van der Waals surface area (Å²) in [5.74, 6) is 0.321. The number of nitrogens with two attached hydrogens (primary N) is 2. The first kappa shape index (κ1) is 22.6. The Hall–Kier alpha value is -2.18. The van der Waals surface area contributed by atoms with E-state index >= 15 is 0 Å². The topological polar surface area (TPSA) is 152 Å². The summed E-state index contributed by atoms with van der Waals surface area (Å²) in [6.07, 6.45) is 7.20. The normalized spacial score (nSPS) is 41.7. The van der Waals surface area contributed by atoms with Crippen LogP contribution in [-0.2, 0) is 19.1 Å². The lowest BCUT2D eigenvalue weighted by Crippen LogP contribution is -2.66. The molecule has 9 heteroatoms. The fourth-order valence-electron chi connectivity index (χ4n) is 7.99. The molecule has 0 aromatic carbocycles. The van der Waals surface area contributed by atoms with E-state index < -0.39 is 29.0 Å². The Morgan fingerprint density at radius 3 is 2.48 bits per heavy atom. The molecule has 5 unspecified atom stereocenters. The van der Waals surface area contributed by atoms with Crippen molar-refractivity contribution in [2.75, 3.05) is 7.05 Å². The summed E-state index contributed by atoms with van der Waals surface area (Å²) in [6, 6.07) is 0.840. The summed E-state index contributed by atoms with van der Waals surface area (Å²) in [4.78, 5) is 39.6. The molecular formula is C24H35N5O4. The Morgan fingerprint density at radius 1 is 1.18 bits per heavy atom. The summed E-state index contributed by atoms with van der Waals surface area (Å²) < 4.78 is 6.20. The predicted octanol–water partition coefficient (Wildman–Crippen LogP) is 0.562. The molecule has 6 fully saturated rings. The standard InChI is InChI=1S/C24H35N5O4/c1-28-17(2-3-19(26)30)22(32)33-24-9-13-4-14(10-24)8-23(7-13,12-24)20(27)21(31)29-16(11-25)5-15-6-18(15)29/h13-18,20,28H,2-10,12,27H2,1H3,(H2,26,30)/t13-,14?,15?,16-,17-,18?,20+,23?,24?/m0/s1. The summed E-state index contributed by atoms with van der Waals surface area (Å²) >= 11 is 0. The molecule has 1 saturated heterocycles. The third-order valence-corrected chi connectivity index (χ3v) is 9.12. The van der Waals surface area contributed by atoms with Gasteiger partial charge in [-0.3, -0.25) is 14.4 Å². The summed E-state index contributed by atoms with van der Waals surface area (Å²) in [7, 11) is 1.68. The van der Waals surface area contributed by atoms with Gasteiger partial charge >= 0.3 is 5.97 Å². The van der Waals surface area contributed by atoms with E-state index in [-0.39, 0.29) is 30.4 Å². The number of ether oxygens (including phenoxy) is 1. The van der Waals surface area contributed by atoms with E-state index in [1.54, 1.807) is 11.9 Å². The third-order valence-electron chi connectivity index (χ3n) is 9.12. The number of amides is 2. The molecule has 4 bridgehead atoms. The van der Waals surface area contributed by atoms with Gasteiger partial charge < -0.3 is 26.4 Å². The van der Waals surface area contributed by atoms with Gasteiger partial charge in [-0.2, -0.15) is 5.26 Å². The molecule has 0 spiro atoms. The minimum atomic E-state index is -0.674. The van der Waals surface area contributed by atoms with Gasteiger partial charge in [-0.25, -0.2) is 0 Å². The average molecular weight is 458 g/mol. The molecule has 180 valence electrons. The second kappa shape index (κ2) is 7.95. The van der Waals surface area contributed by atoms with E-state index in [0.717, 1.165) is 44.9 Å². The highest BCUT2D eigenvalue weighted by Gasteiger charge is 2.64. The Balaban J connectivity index is 1.34.